The van der Waals surface area contributed by atoms with Crippen molar-refractivity contribution in [1.82, 2.24) is 15.2 Å². The summed E-state index contributed by atoms with van der Waals surface area (Å²) in [4.78, 5) is 4.20. The van der Waals surface area contributed by atoms with Crippen LogP contribution in [0, 0.1) is 5.92 Å². The summed E-state index contributed by atoms with van der Waals surface area (Å²) in [7, 11) is 3.67. The zero-order valence-electron chi connectivity index (χ0n) is 11.7. The van der Waals surface area contributed by atoms with Gasteiger partial charge in [0.05, 0.1) is 11.6 Å². The van der Waals surface area contributed by atoms with E-state index in [1.165, 1.54) is 19.3 Å². The topological polar surface area (TPSA) is 41.4 Å². The molecule has 0 aromatic carbocycles. The van der Waals surface area contributed by atoms with Gasteiger partial charge in [-0.05, 0) is 18.4 Å². The Bertz CT molecular complexity index is 469. The minimum atomic E-state index is 0. The standard InChI is InChI=1S/C13H20Cl2N4.HI/c1-16-13(17-6-5-9-3-4-9)18-8-10-7-11(14)12(15)19(10)2;/h7,9H,3-6,8H2,1-2H3,(H2,16,17,18);1H. The minimum absolute atomic E-state index is 0. The summed E-state index contributed by atoms with van der Waals surface area (Å²) in [6, 6.07) is 1.87. The maximum atomic E-state index is 6.03. The quantitative estimate of drug-likeness (QED) is 0.427. The Morgan fingerprint density at radius 2 is 2.10 bits per heavy atom. The molecule has 2 N–H and O–H groups in total. The average Bonchev–Trinajstić information content (AvgIpc) is 3.19. The van der Waals surface area contributed by atoms with Crippen LogP contribution in [0.15, 0.2) is 11.1 Å². The molecule has 7 heteroatoms. The maximum absolute atomic E-state index is 6.03. The number of hydrogen-bond donors (Lipinski definition) is 2. The summed E-state index contributed by atoms with van der Waals surface area (Å²) in [5.74, 6) is 1.74. The third-order valence-electron chi connectivity index (χ3n) is 3.42. The van der Waals surface area contributed by atoms with Gasteiger partial charge in [0.15, 0.2) is 5.96 Å². The zero-order chi connectivity index (χ0) is 13.8. The van der Waals surface area contributed by atoms with Gasteiger partial charge in [0.25, 0.3) is 0 Å². The fraction of sp³-hybridized carbons (Fsp3) is 0.615. The van der Waals surface area contributed by atoms with E-state index in [2.05, 4.69) is 15.6 Å². The lowest BCUT2D eigenvalue weighted by Gasteiger charge is -2.12. The molecule has 0 atom stereocenters. The predicted octanol–water partition coefficient (Wildman–Crippen LogP) is 3.42. The van der Waals surface area contributed by atoms with Crippen LogP contribution < -0.4 is 10.6 Å². The molecule has 1 aliphatic carbocycles. The largest absolute Gasteiger partial charge is 0.356 e. The van der Waals surface area contributed by atoms with Gasteiger partial charge in [-0.1, -0.05) is 36.0 Å². The van der Waals surface area contributed by atoms with E-state index in [-0.39, 0.29) is 24.0 Å². The summed E-state index contributed by atoms with van der Waals surface area (Å²) >= 11 is 12.0. The second kappa shape index (κ2) is 8.34. The van der Waals surface area contributed by atoms with Gasteiger partial charge >= 0.3 is 0 Å². The number of guanidine groups is 1. The van der Waals surface area contributed by atoms with Gasteiger partial charge in [0.2, 0.25) is 0 Å². The van der Waals surface area contributed by atoms with Crippen LogP contribution in [0.3, 0.4) is 0 Å². The molecule has 1 heterocycles. The van der Waals surface area contributed by atoms with E-state index in [9.17, 15) is 0 Å². The van der Waals surface area contributed by atoms with Gasteiger partial charge < -0.3 is 15.2 Å². The van der Waals surface area contributed by atoms with Gasteiger partial charge in [-0.25, -0.2) is 0 Å². The second-order valence-corrected chi connectivity index (χ2v) is 5.68. The van der Waals surface area contributed by atoms with Crippen molar-refractivity contribution < 1.29 is 0 Å². The average molecular weight is 431 g/mol. The van der Waals surface area contributed by atoms with Crippen molar-refractivity contribution in [2.45, 2.75) is 25.8 Å². The number of halogens is 3. The molecule has 1 aromatic heterocycles. The van der Waals surface area contributed by atoms with Crippen LogP contribution in [0.5, 0.6) is 0 Å². The van der Waals surface area contributed by atoms with E-state index in [0.717, 1.165) is 24.1 Å². The van der Waals surface area contributed by atoms with Crippen molar-refractivity contribution in [3.63, 3.8) is 0 Å². The highest BCUT2D eigenvalue weighted by molar-refractivity contribution is 14.0. The molecule has 0 radical (unpaired) electrons. The molecule has 1 fully saturated rings. The van der Waals surface area contributed by atoms with Crippen molar-refractivity contribution in [3.8, 4) is 0 Å². The minimum Gasteiger partial charge on any atom is -0.356 e. The number of aromatic nitrogens is 1. The summed E-state index contributed by atoms with van der Waals surface area (Å²) in [6.45, 7) is 1.62. The Kier molecular flexibility index (Phi) is 7.47. The van der Waals surface area contributed by atoms with E-state index in [1.54, 1.807) is 7.05 Å². The fourth-order valence-corrected chi connectivity index (χ4v) is 2.37. The van der Waals surface area contributed by atoms with Crippen LogP contribution in [0.4, 0.5) is 0 Å². The van der Waals surface area contributed by atoms with Crippen molar-refractivity contribution in [2.24, 2.45) is 18.0 Å². The van der Waals surface area contributed by atoms with Crippen molar-refractivity contribution in [1.29, 1.82) is 0 Å². The fourth-order valence-electron chi connectivity index (χ4n) is 1.95. The lowest BCUT2D eigenvalue weighted by molar-refractivity contribution is 0.679. The Balaban J connectivity index is 0.00000200. The zero-order valence-corrected chi connectivity index (χ0v) is 15.6. The first-order chi connectivity index (χ1) is 9.11. The molecule has 4 nitrogen and oxygen atoms in total. The van der Waals surface area contributed by atoms with Gasteiger partial charge in [-0.2, -0.15) is 0 Å². The normalized spacial score (nSPS) is 14.9. The highest BCUT2D eigenvalue weighted by Crippen LogP contribution is 2.31. The van der Waals surface area contributed by atoms with Crippen molar-refractivity contribution in [3.05, 3.63) is 21.9 Å². The van der Waals surface area contributed by atoms with Gasteiger partial charge in [0, 0.05) is 26.3 Å². The van der Waals surface area contributed by atoms with Crippen LogP contribution in [0.2, 0.25) is 10.2 Å². The van der Waals surface area contributed by atoms with Gasteiger partial charge in [-0.3, -0.25) is 4.99 Å². The lowest BCUT2D eigenvalue weighted by atomic mass is 10.3. The molecule has 1 aromatic rings. The summed E-state index contributed by atoms with van der Waals surface area (Å²) in [5.41, 5.74) is 1.03. The molecule has 20 heavy (non-hydrogen) atoms. The molecule has 1 aliphatic rings. The van der Waals surface area contributed by atoms with Crippen LogP contribution in [0.25, 0.3) is 0 Å². The van der Waals surface area contributed by atoms with E-state index in [0.29, 0.717) is 16.7 Å². The highest BCUT2D eigenvalue weighted by atomic mass is 127. The smallest absolute Gasteiger partial charge is 0.191 e. The van der Waals surface area contributed by atoms with Crippen LogP contribution in [0.1, 0.15) is 25.0 Å². The molecule has 114 valence electrons. The molecular weight excluding hydrogens is 410 g/mol. The number of nitrogens with one attached hydrogen (secondary N) is 2. The van der Waals surface area contributed by atoms with Crippen LogP contribution in [-0.4, -0.2) is 24.1 Å². The molecule has 0 saturated heterocycles. The highest BCUT2D eigenvalue weighted by Gasteiger charge is 2.20. The molecular formula is C13H21Cl2IN4. The predicted molar refractivity (Wildman–Crippen MR) is 96.4 cm³/mol. The van der Waals surface area contributed by atoms with E-state index in [1.807, 2.05) is 17.7 Å². The lowest BCUT2D eigenvalue weighted by Crippen LogP contribution is -2.37. The molecule has 1 saturated carbocycles. The van der Waals surface area contributed by atoms with Crippen molar-refractivity contribution in [2.75, 3.05) is 13.6 Å². The number of aliphatic imine (C=N–C) groups is 1. The number of hydrogen-bond acceptors (Lipinski definition) is 1. The summed E-state index contributed by atoms with van der Waals surface area (Å²) in [6.07, 6.45) is 3.99. The summed E-state index contributed by atoms with van der Waals surface area (Å²) < 4.78 is 1.87. The molecule has 0 amide bonds. The summed E-state index contributed by atoms with van der Waals surface area (Å²) in [5, 5.41) is 7.72. The van der Waals surface area contributed by atoms with E-state index in [4.69, 9.17) is 23.2 Å². The second-order valence-electron chi connectivity index (χ2n) is 4.92. The Hall–Kier alpha value is -0.140. The van der Waals surface area contributed by atoms with Gasteiger partial charge in [0.1, 0.15) is 5.15 Å². The third kappa shape index (κ3) is 5.00. The van der Waals surface area contributed by atoms with Crippen LogP contribution >= 0.6 is 47.2 Å². The number of rotatable bonds is 5. The van der Waals surface area contributed by atoms with E-state index < -0.39 is 0 Å². The molecule has 2 rings (SSSR count). The Morgan fingerprint density at radius 1 is 1.40 bits per heavy atom. The third-order valence-corrected chi connectivity index (χ3v) is 4.26. The Morgan fingerprint density at radius 3 is 2.60 bits per heavy atom. The number of nitrogens with zero attached hydrogens (tertiary/aromatic N) is 2. The first-order valence-electron chi connectivity index (χ1n) is 6.56. The first kappa shape index (κ1) is 17.9. The van der Waals surface area contributed by atoms with E-state index >= 15 is 0 Å². The van der Waals surface area contributed by atoms with Gasteiger partial charge in [-0.15, -0.1) is 24.0 Å². The monoisotopic (exact) mass is 430 g/mol. The Labute approximate surface area is 147 Å². The molecule has 0 spiro atoms. The maximum Gasteiger partial charge on any atom is 0.191 e. The first-order valence-corrected chi connectivity index (χ1v) is 7.31. The molecule has 0 bridgehead atoms. The SMILES string of the molecule is CN=C(NCCC1CC1)NCc1cc(Cl)c(Cl)n1C.I. The molecule has 0 unspecified atom stereocenters. The van der Waals surface area contributed by atoms with Crippen molar-refractivity contribution >= 4 is 53.1 Å². The van der Waals surface area contributed by atoms with Crippen LogP contribution in [-0.2, 0) is 13.6 Å². The molecule has 0 aliphatic heterocycles.